The average molecular weight is 238 g/mol. The predicted octanol–water partition coefficient (Wildman–Crippen LogP) is 3.31. The average Bonchev–Trinajstić information content (AvgIpc) is 3.13. The molecule has 2 heteroatoms. The molecule has 3 fully saturated rings. The molecule has 3 saturated carbocycles. The molecule has 0 aromatic carbocycles. The molecule has 0 amide bonds. The van der Waals surface area contributed by atoms with Gasteiger partial charge in [0.25, 0.3) is 0 Å². The molecule has 3 rings (SSSR count). The van der Waals surface area contributed by atoms with E-state index in [9.17, 15) is 0 Å². The lowest BCUT2D eigenvalue weighted by molar-refractivity contribution is -0.151. The van der Waals surface area contributed by atoms with Gasteiger partial charge in [0, 0.05) is 19.1 Å². The molecular weight excluding hydrogens is 212 g/mol. The van der Waals surface area contributed by atoms with Crippen LogP contribution in [0.25, 0.3) is 0 Å². The molecule has 0 saturated heterocycles. The maximum atomic E-state index is 5.72. The molecule has 2 nitrogen and oxygen atoms in total. The van der Waals surface area contributed by atoms with E-state index in [0.717, 1.165) is 42.8 Å². The van der Waals surface area contributed by atoms with Gasteiger partial charge in [-0.3, -0.25) is 0 Å². The Labute approximate surface area is 105 Å². The van der Waals surface area contributed by atoms with Gasteiger partial charge in [0.15, 0.2) is 6.29 Å². The first-order valence-electron chi connectivity index (χ1n) is 7.49. The molecule has 17 heavy (non-hydrogen) atoms. The van der Waals surface area contributed by atoms with Crippen molar-refractivity contribution in [3.8, 4) is 0 Å². The summed E-state index contributed by atoms with van der Waals surface area (Å²) in [6.45, 7) is 8.10. The smallest absolute Gasteiger partial charge is 0.160 e. The maximum Gasteiger partial charge on any atom is 0.160 e. The molecule has 3 aliphatic rings. The van der Waals surface area contributed by atoms with Crippen molar-refractivity contribution in [1.29, 1.82) is 0 Å². The van der Waals surface area contributed by atoms with E-state index in [1.165, 1.54) is 19.3 Å². The van der Waals surface area contributed by atoms with Gasteiger partial charge in [-0.1, -0.05) is 6.92 Å². The van der Waals surface area contributed by atoms with Crippen LogP contribution in [0, 0.1) is 35.5 Å². The third kappa shape index (κ3) is 2.39. The van der Waals surface area contributed by atoms with Crippen LogP contribution < -0.4 is 0 Å². The molecule has 0 heterocycles. The lowest BCUT2D eigenvalue weighted by atomic mass is 10.1. The minimum absolute atomic E-state index is 0.0906. The van der Waals surface area contributed by atoms with Gasteiger partial charge in [-0.05, 0) is 62.7 Å². The van der Waals surface area contributed by atoms with E-state index in [1.54, 1.807) is 0 Å². The second-order valence-electron chi connectivity index (χ2n) is 6.28. The van der Waals surface area contributed by atoms with E-state index in [-0.39, 0.29) is 6.29 Å². The van der Waals surface area contributed by atoms with E-state index in [1.807, 2.05) is 0 Å². The van der Waals surface area contributed by atoms with Gasteiger partial charge < -0.3 is 9.47 Å². The largest absolute Gasteiger partial charge is 0.353 e. The summed E-state index contributed by atoms with van der Waals surface area (Å²) >= 11 is 0. The third-order valence-corrected chi connectivity index (χ3v) is 5.07. The van der Waals surface area contributed by atoms with Gasteiger partial charge in [-0.15, -0.1) is 0 Å². The highest BCUT2D eigenvalue weighted by Gasteiger charge is 2.61. The fourth-order valence-electron chi connectivity index (χ4n) is 3.83. The Hall–Kier alpha value is -0.0800. The molecule has 6 atom stereocenters. The zero-order chi connectivity index (χ0) is 12.0. The SMILES string of the molecule is CCOC(OCC)C1CC1C1CC1C1CC1C. The minimum Gasteiger partial charge on any atom is -0.353 e. The topological polar surface area (TPSA) is 18.5 Å². The summed E-state index contributed by atoms with van der Waals surface area (Å²) in [6.07, 6.45) is 4.44. The molecular formula is C15H26O2. The van der Waals surface area contributed by atoms with Crippen molar-refractivity contribution in [3.63, 3.8) is 0 Å². The number of rotatable bonds is 7. The minimum atomic E-state index is 0.0906. The zero-order valence-corrected chi connectivity index (χ0v) is 11.4. The second-order valence-corrected chi connectivity index (χ2v) is 6.28. The highest BCUT2D eigenvalue weighted by atomic mass is 16.7. The van der Waals surface area contributed by atoms with Crippen LogP contribution in [0.15, 0.2) is 0 Å². The molecule has 0 spiro atoms. The highest BCUT2D eigenvalue weighted by molar-refractivity contribution is 5.08. The quantitative estimate of drug-likeness (QED) is 0.633. The summed E-state index contributed by atoms with van der Waals surface area (Å²) in [5, 5.41) is 0. The first-order valence-corrected chi connectivity index (χ1v) is 7.49. The Balaban J connectivity index is 1.45. The highest BCUT2D eigenvalue weighted by Crippen LogP contribution is 2.66. The van der Waals surface area contributed by atoms with Gasteiger partial charge in [-0.2, -0.15) is 0 Å². The summed E-state index contributed by atoms with van der Waals surface area (Å²) in [7, 11) is 0. The molecule has 6 unspecified atom stereocenters. The Morgan fingerprint density at radius 1 is 0.882 bits per heavy atom. The van der Waals surface area contributed by atoms with Crippen molar-refractivity contribution in [3.05, 3.63) is 0 Å². The molecule has 98 valence electrons. The molecule has 0 N–H and O–H groups in total. The Kier molecular flexibility index (Phi) is 3.20. The number of ether oxygens (including phenoxy) is 2. The van der Waals surface area contributed by atoms with Gasteiger partial charge in [0.1, 0.15) is 0 Å². The van der Waals surface area contributed by atoms with Gasteiger partial charge in [0.2, 0.25) is 0 Å². The van der Waals surface area contributed by atoms with Crippen LogP contribution in [0.4, 0.5) is 0 Å². The molecule has 0 aromatic heterocycles. The molecule has 0 bridgehead atoms. The third-order valence-electron chi connectivity index (χ3n) is 5.07. The first-order chi connectivity index (χ1) is 8.26. The maximum absolute atomic E-state index is 5.72. The summed E-state index contributed by atoms with van der Waals surface area (Å²) in [5.41, 5.74) is 0. The van der Waals surface area contributed by atoms with Crippen LogP contribution in [-0.2, 0) is 9.47 Å². The van der Waals surface area contributed by atoms with Crippen molar-refractivity contribution in [2.45, 2.75) is 46.3 Å². The lowest BCUT2D eigenvalue weighted by Crippen LogP contribution is -2.21. The van der Waals surface area contributed by atoms with Crippen molar-refractivity contribution >= 4 is 0 Å². The summed E-state index contributed by atoms with van der Waals surface area (Å²) in [6, 6.07) is 0. The van der Waals surface area contributed by atoms with Gasteiger partial charge >= 0.3 is 0 Å². The monoisotopic (exact) mass is 238 g/mol. The van der Waals surface area contributed by atoms with Crippen molar-refractivity contribution in [1.82, 2.24) is 0 Å². The zero-order valence-electron chi connectivity index (χ0n) is 11.4. The van der Waals surface area contributed by atoms with Crippen molar-refractivity contribution in [2.24, 2.45) is 35.5 Å². The predicted molar refractivity (Wildman–Crippen MR) is 67.5 cm³/mol. The fraction of sp³-hybridized carbons (Fsp3) is 1.00. The molecule has 0 aromatic rings. The summed E-state index contributed by atoms with van der Waals surface area (Å²) in [5.74, 6) is 5.84. The normalized spacial score (nSPS) is 47.3. The Morgan fingerprint density at radius 2 is 1.47 bits per heavy atom. The van der Waals surface area contributed by atoms with E-state index >= 15 is 0 Å². The van der Waals surface area contributed by atoms with Crippen LogP contribution >= 0.6 is 0 Å². The van der Waals surface area contributed by atoms with Crippen LogP contribution in [-0.4, -0.2) is 19.5 Å². The standard InChI is InChI=1S/C15H26O2/c1-4-16-15(17-5-2)14-8-13(14)12-7-11(12)10-6-9(10)3/h9-15H,4-8H2,1-3H3. The van der Waals surface area contributed by atoms with Gasteiger partial charge in [0.05, 0.1) is 0 Å². The van der Waals surface area contributed by atoms with Crippen molar-refractivity contribution in [2.75, 3.05) is 13.2 Å². The van der Waals surface area contributed by atoms with Crippen molar-refractivity contribution < 1.29 is 9.47 Å². The number of hydrogen-bond donors (Lipinski definition) is 0. The second kappa shape index (κ2) is 4.55. The number of hydrogen-bond acceptors (Lipinski definition) is 2. The summed E-state index contributed by atoms with van der Waals surface area (Å²) in [4.78, 5) is 0. The van der Waals surface area contributed by atoms with E-state index < -0.39 is 0 Å². The molecule has 0 aliphatic heterocycles. The van der Waals surface area contributed by atoms with Crippen LogP contribution in [0.2, 0.25) is 0 Å². The van der Waals surface area contributed by atoms with Crippen LogP contribution in [0.3, 0.4) is 0 Å². The first kappa shape index (κ1) is 12.0. The van der Waals surface area contributed by atoms with Gasteiger partial charge in [-0.25, -0.2) is 0 Å². The Bertz CT molecular complexity index is 272. The van der Waals surface area contributed by atoms with Crippen LogP contribution in [0.5, 0.6) is 0 Å². The van der Waals surface area contributed by atoms with Crippen LogP contribution in [0.1, 0.15) is 40.0 Å². The Morgan fingerprint density at radius 3 is 2.00 bits per heavy atom. The van der Waals surface area contributed by atoms with E-state index in [4.69, 9.17) is 9.47 Å². The van der Waals surface area contributed by atoms with E-state index in [0.29, 0.717) is 5.92 Å². The molecule has 0 radical (unpaired) electrons. The fourth-order valence-corrected chi connectivity index (χ4v) is 3.83. The molecule has 3 aliphatic carbocycles. The van der Waals surface area contributed by atoms with E-state index in [2.05, 4.69) is 20.8 Å². The lowest BCUT2D eigenvalue weighted by Gasteiger charge is -2.16. The summed E-state index contributed by atoms with van der Waals surface area (Å²) < 4.78 is 11.4.